The van der Waals surface area contributed by atoms with E-state index in [-0.39, 0.29) is 0 Å². The Morgan fingerprint density at radius 3 is 3.36 bits per heavy atom. The molecule has 11 heavy (non-hydrogen) atoms. The van der Waals surface area contributed by atoms with Crippen molar-refractivity contribution in [3.63, 3.8) is 0 Å². The lowest BCUT2D eigenvalue weighted by Gasteiger charge is -2.34. The summed E-state index contributed by atoms with van der Waals surface area (Å²) in [4.78, 5) is 2.53. The van der Waals surface area contributed by atoms with E-state index in [0.717, 1.165) is 6.54 Å². The van der Waals surface area contributed by atoms with E-state index in [1.807, 2.05) is 0 Å². The van der Waals surface area contributed by atoms with Crippen LogP contribution < -0.4 is 5.32 Å². The molecular formula is C9H16N2. The monoisotopic (exact) mass is 152 g/mol. The summed E-state index contributed by atoms with van der Waals surface area (Å²) in [5.74, 6) is 0. The average molecular weight is 152 g/mol. The fourth-order valence-electron chi connectivity index (χ4n) is 1.92. The van der Waals surface area contributed by atoms with Gasteiger partial charge in [0.15, 0.2) is 0 Å². The lowest BCUT2D eigenvalue weighted by molar-refractivity contribution is 0.143. The summed E-state index contributed by atoms with van der Waals surface area (Å²) in [6.07, 6.45) is 9.11. The summed E-state index contributed by atoms with van der Waals surface area (Å²) < 4.78 is 0. The highest BCUT2D eigenvalue weighted by atomic mass is 15.3. The Bertz CT molecular complexity index is 154. The van der Waals surface area contributed by atoms with Crippen molar-refractivity contribution in [2.75, 3.05) is 19.6 Å². The fraction of sp³-hybridized carbons (Fsp3) is 0.778. The van der Waals surface area contributed by atoms with Gasteiger partial charge in [0, 0.05) is 13.1 Å². The van der Waals surface area contributed by atoms with E-state index >= 15 is 0 Å². The first-order chi connectivity index (χ1) is 5.47. The van der Waals surface area contributed by atoms with Crippen LogP contribution in [0.15, 0.2) is 12.2 Å². The Balaban J connectivity index is 1.98. The van der Waals surface area contributed by atoms with Crippen molar-refractivity contribution in [3.8, 4) is 0 Å². The molecule has 0 bridgehead atoms. The molecule has 62 valence electrons. The number of nitrogens with one attached hydrogen (secondary N) is 1. The molecule has 2 heterocycles. The van der Waals surface area contributed by atoms with Crippen LogP contribution in [0, 0.1) is 0 Å². The molecule has 1 N–H and O–H groups in total. The van der Waals surface area contributed by atoms with Crippen molar-refractivity contribution in [1.29, 1.82) is 0 Å². The minimum atomic E-state index is 0.666. The van der Waals surface area contributed by atoms with Crippen LogP contribution >= 0.6 is 0 Å². The van der Waals surface area contributed by atoms with Crippen LogP contribution in [0.1, 0.15) is 19.3 Å². The third-order valence-corrected chi connectivity index (χ3v) is 2.56. The van der Waals surface area contributed by atoms with Gasteiger partial charge in [0.1, 0.15) is 0 Å². The van der Waals surface area contributed by atoms with Gasteiger partial charge in [0.2, 0.25) is 0 Å². The van der Waals surface area contributed by atoms with Crippen LogP contribution in [0.3, 0.4) is 0 Å². The predicted molar refractivity (Wildman–Crippen MR) is 46.4 cm³/mol. The number of nitrogens with zero attached hydrogens (tertiary/aromatic N) is 1. The van der Waals surface area contributed by atoms with E-state index in [0.29, 0.717) is 6.17 Å². The normalized spacial score (nSPS) is 32.9. The highest BCUT2D eigenvalue weighted by molar-refractivity contribution is 4.92. The lowest BCUT2D eigenvalue weighted by atomic mass is 10.2. The molecule has 0 aliphatic carbocycles. The summed E-state index contributed by atoms with van der Waals surface area (Å²) in [6.45, 7) is 3.64. The molecule has 0 spiro atoms. The lowest BCUT2D eigenvalue weighted by Crippen LogP contribution is -2.50. The third kappa shape index (κ3) is 1.63. The molecule has 1 unspecified atom stereocenters. The van der Waals surface area contributed by atoms with Crippen LogP contribution in [0.4, 0.5) is 0 Å². The Morgan fingerprint density at radius 2 is 2.36 bits per heavy atom. The summed E-state index contributed by atoms with van der Waals surface area (Å²) in [5, 5.41) is 3.55. The zero-order valence-electron chi connectivity index (χ0n) is 6.92. The maximum absolute atomic E-state index is 3.55. The highest BCUT2D eigenvalue weighted by Gasteiger charge is 2.20. The summed E-state index contributed by atoms with van der Waals surface area (Å²) in [6, 6.07) is 0. The van der Waals surface area contributed by atoms with Gasteiger partial charge in [0.25, 0.3) is 0 Å². The zero-order chi connectivity index (χ0) is 7.52. The maximum Gasteiger partial charge on any atom is 0.0602 e. The molecule has 2 aliphatic heterocycles. The second kappa shape index (κ2) is 3.37. The van der Waals surface area contributed by atoms with Crippen molar-refractivity contribution < 1.29 is 0 Å². The molecule has 1 fully saturated rings. The Labute approximate surface area is 68.3 Å². The molecule has 2 heteroatoms. The number of rotatable bonds is 0. The van der Waals surface area contributed by atoms with Crippen LogP contribution in [-0.2, 0) is 0 Å². The molecule has 0 saturated carbocycles. The molecule has 2 aliphatic rings. The molecule has 0 aromatic heterocycles. The summed E-state index contributed by atoms with van der Waals surface area (Å²) in [7, 11) is 0. The van der Waals surface area contributed by atoms with Crippen LogP contribution in [0.5, 0.6) is 0 Å². The van der Waals surface area contributed by atoms with Crippen LogP contribution in [-0.4, -0.2) is 30.7 Å². The van der Waals surface area contributed by atoms with Gasteiger partial charge in [-0.3, -0.25) is 4.90 Å². The average Bonchev–Trinajstić information content (AvgIpc) is 2.28. The first kappa shape index (κ1) is 7.32. The van der Waals surface area contributed by atoms with Gasteiger partial charge in [-0.25, -0.2) is 0 Å². The van der Waals surface area contributed by atoms with Crippen molar-refractivity contribution in [2.24, 2.45) is 0 Å². The molecule has 1 atom stereocenters. The summed E-state index contributed by atoms with van der Waals surface area (Å²) in [5.41, 5.74) is 0. The SMILES string of the molecule is C1=CCN2CCCNC2CC1. The second-order valence-corrected chi connectivity index (χ2v) is 3.37. The third-order valence-electron chi connectivity index (χ3n) is 2.56. The molecular weight excluding hydrogens is 136 g/mol. The first-order valence-corrected chi connectivity index (χ1v) is 4.59. The molecule has 1 saturated heterocycles. The van der Waals surface area contributed by atoms with Crippen molar-refractivity contribution in [1.82, 2.24) is 10.2 Å². The first-order valence-electron chi connectivity index (χ1n) is 4.59. The smallest absolute Gasteiger partial charge is 0.0602 e. The zero-order valence-corrected chi connectivity index (χ0v) is 6.92. The van der Waals surface area contributed by atoms with E-state index in [1.54, 1.807) is 0 Å². The van der Waals surface area contributed by atoms with Gasteiger partial charge in [0.05, 0.1) is 6.17 Å². The largest absolute Gasteiger partial charge is 0.302 e. The minimum absolute atomic E-state index is 0.666. The topological polar surface area (TPSA) is 15.3 Å². The minimum Gasteiger partial charge on any atom is -0.302 e. The molecule has 0 aromatic rings. The van der Waals surface area contributed by atoms with E-state index in [4.69, 9.17) is 0 Å². The van der Waals surface area contributed by atoms with Gasteiger partial charge in [-0.2, -0.15) is 0 Å². The van der Waals surface area contributed by atoms with E-state index in [1.165, 1.54) is 32.4 Å². The van der Waals surface area contributed by atoms with Crippen LogP contribution in [0.2, 0.25) is 0 Å². The highest BCUT2D eigenvalue weighted by Crippen LogP contribution is 2.12. The van der Waals surface area contributed by atoms with Crippen molar-refractivity contribution in [2.45, 2.75) is 25.4 Å². The van der Waals surface area contributed by atoms with E-state index in [9.17, 15) is 0 Å². The maximum atomic E-state index is 3.55. The number of hydrogen-bond acceptors (Lipinski definition) is 2. The molecule has 0 amide bonds. The van der Waals surface area contributed by atoms with Crippen molar-refractivity contribution >= 4 is 0 Å². The quantitative estimate of drug-likeness (QED) is 0.520. The van der Waals surface area contributed by atoms with Crippen LogP contribution in [0.25, 0.3) is 0 Å². The number of allylic oxidation sites excluding steroid dienone is 1. The van der Waals surface area contributed by atoms with Gasteiger partial charge in [-0.05, 0) is 25.8 Å². The van der Waals surface area contributed by atoms with Gasteiger partial charge >= 0.3 is 0 Å². The number of hydrogen-bond donors (Lipinski definition) is 1. The van der Waals surface area contributed by atoms with Gasteiger partial charge in [-0.1, -0.05) is 12.2 Å². The van der Waals surface area contributed by atoms with E-state index < -0.39 is 0 Å². The molecule has 0 aromatic carbocycles. The Kier molecular flexibility index (Phi) is 2.24. The second-order valence-electron chi connectivity index (χ2n) is 3.37. The Morgan fingerprint density at radius 1 is 1.36 bits per heavy atom. The fourth-order valence-corrected chi connectivity index (χ4v) is 1.92. The predicted octanol–water partition coefficient (Wildman–Crippen LogP) is 0.958. The van der Waals surface area contributed by atoms with Crippen molar-refractivity contribution in [3.05, 3.63) is 12.2 Å². The molecule has 2 rings (SSSR count). The summed E-state index contributed by atoms with van der Waals surface area (Å²) >= 11 is 0. The Hall–Kier alpha value is -0.340. The van der Waals surface area contributed by atoms with E-state index in [2.05, 4.69) is 22.4 Å². The van der Waals surface area contributed by atoms with Gasteiger partial charge in [-0.15, -0.1) is 0 Å². The standard InChI is InChI=1S/C9H16N2/c1-2-5-9-10-6-4-8-11(9)7-3-1/h1,3,9-10H,2,4-8H2. The van der Waals surface area contributed by atoms with Gasteiger partial charge < -0.3 is 5.32 Å². The number of fused-ring (bicyclic) bond motifs is 1. The molecule has 0 radical (unpaired) electrons. The molecule has 2 nitrogen and oxygen atoms in total.